The lowest BCUT2D eigenvalue weighted by Gasteiger charge is -2.22. The Bertz CT molecular complexity index is 658. The molecule has 120 valence electrons. The largest absolute Gasteiger partial charge is 0.367 e. The number of carbonyl (C=O) groups excluding carboxylic acids is 2. The van der Waals surface area contributed by atoms with Crippen molar-refractivity contribution >= 4 is 11.7 Å². The first kappa shape index (κ1) is 15.5. The van der Waals surface area contributed by atoms with Crippen LogP contribution in [-0.4, -0.2) is 29.6 Å². The summed E-state index contributed by atoms with van der Waals surface area (Å²) in [5.41, 5.74) is 3.92. The lowest BCUT2D eigenvalue weighted by Crippen LogP contribution is -2.33. The van der Waals surface area contributed by atoms with Gasteiger partial charge in [-0.05, 0) is 31.0 Å². The highest BCUT2D eigenvalue weighted by Crippen LogP contribution is 2.13. The van der Waals surface area contributed by atoms with Gasteiger partial charge in [-0.2, -0.15) is 0 Å². The zero-order valence-electron chi connectivity index (χ0n) is 12.6. The maximum atomic E-state index is 12.2. The van der Waals surface area contributed by atoms with Gasteiger partial charge in [0.1, 0.15) is 0 Å². The van der Waals surface area contributed by atoms with Crippen LogP contribution in [0.1, 0.15) is 45.5 Å². The average molecular weight is 314 g/mol. The zero-order valence-corrected chi connectivity index (χ0v) is 12.6. The summed E-state index contributed by atoms with van der Waals surface area (Å²) in [6.45, 7) is 0.649. The third kappa shape index (κ3) is 3.85. The van der Waals surface area contributed by atoms with E-state index in [1.807, 2.05) is 0 Å². The number of hydrogen-bond acceptors (Lipinski definition) is 4. The van der Waals surface area contributed by atoms with Gasteiger partial charge in [0, 0.05) is 42.1 Å². The molecule has 1 aromatic heterocycles. The fourth-order valence-corrected chi connectivity index (χ4v) is 2.39. The summed E-state index contributed by atoms with van der Waals surface area (Å²) >= 11 is 0. The monoisotopic (exact) mass is 314 g/mol. The Morgan fingerprint density at radius 2 is 1.87 bits per heavy atom. The second-order valence-corrected chi connectivity index (χ2v) is 5.35. The van der Waals surface area contributed by atoms with E-state index in [-0.39, 0.29) is 18.0 Å². The lowest BCUT2D eigenvalue weighted by molar-refractivity contribution is -0.186. The molecule has 6 nitrogen and oxygen atoms in total. The van der Waals surface area contributed by atoms with E-state index in [9.17, 15) is 9.59 Å². The number of rotatable bonds is 5. The number of amides is 1. The second kappa shape index (κ2) is 7.21. The molecule has 2 N–H and O–H groups in total. The van der Waals surface area contributed by atoms with Gasteiger partial charge in [0.25, 0.3) is 5.91 Å². The van der Waals surface area contributed by atoms with Crippen molar-refractivity contribution in [3.05, 3.63) is 59.4 Å². The molecule has 1 aromatic carbocycles. The predicted octanol–water partition coefficient (Wildman–Crippen LogP) is 2.43. The Hall–Kier alpha value is -2.44. The summed E-state index contributed by atoms with van der Waals surface area (Å²) in [6, 6.07) is 8.16. The van der Waals surface area contributed by atoms with E-state index in [0.29, 0.717) is 23.3 Å². The van der Waals surface area contributed by atoms with Gasteiger partial charge in [-0.15, -0.1) is 0 Å². The van der Waals surface area contributed by atoms with Crippen LogP contribution in [-0.2, 0) is 9.57 Å². The SMILES string of the molecule is O=C(NO[C@@H]1CCCCO1)c1ccc(C(=O)c2cc[nH]c2)cc1. The van der Waals surface area contributed by atoms with Crippen molar-refractivity contribution in [3.8, 4) is 0 Å². The van der Waals surface area contributed by atoms with Crippen LogP contribution in [0.2, 0.25) is 0 Å². The van der Waals surface area contributed by atoms with Gasteiger partial charge in [0.2, 0.25) is 0 Å². The highest BCUT2D eigenvalue weighted by atomic mass is 16.8. The maximum absolute atomic E-state index is 12.2. The van der Waals surface area contributed by atoms with E-state index in [2.05, 4.69) is 10.5 Å². The highest BCUT2D eigenvalue weighted by Gasteiger charge is 2.16. The quantitative estimate of drug-likeness (QED) is 0.656. The lowest BCUT2D eigenvalue weighted by atomic mass is 10.0. The molecular formula is C17H18N2O4. The van der Waals surface area contributed by atoms with Crippen LogP contribution in [0.15, 0.2) is 42.7 Å². The molecule has 1 aliphatic rings. The van der Waals surface area contributed by atoms with Crippen molar-refractivity contribution in [2.24, 2.45) is 0 Å². The third-order valence-corrected chi connectivity index (χ3v) is 3.69. The standard InChI is InChI=1S/C17H18N2O4/c20-16(14-8-9-18-11-14)12-4-6-13(7-5-12)17(21)19-23-15-3-1-2-10-22-15/h4-9,11,15,18H,1-3,10H2,(H,19,21)/t15-/m1/s1. The molecule has 1 fully saturated rings. The van der Waals surface area contributed by atoms with Crippen LogP contribution < -0.4 is 5.48 Å². The number of carbonyl (C=O) groups is 2. The predicted molar refractivity (Wildman–Crippen MR) is 82.8 cm³/mol. The minimum Gasteiger partial charge on any atom is -0.367 e. The summed E-state index contributed by atoms with van der Waals surface area (Å²) in [6.07, 6.45) is 5.76. The van der Waals surface area contributed by atoms with Crippen molar-refractivity contribution in [1.82, 2.24) is 10.5 Å². The molecule has 0 unspecified atom stereocenters. The van der Waals surface area contributed by atoms with Gasteiger partial charge >= 0.3 is 0 Å². The molecule has 0 aliphatic carbocycles. The molecule has 1 saturated heterocycles. The van der Waals surface area contributed by atoms with Gasteiger partial charge in [-0.1, -0.05) is 12.1 Å². The molecule has 0 saturated carbocycles. The molecule has 0 spiro atoms. The Morgan fingerprint density at radius 1 is 1.09 bits per heavy atom. The molecule has 23 heavy (non-hydrogen) atoms. The Kier molecular flexibility index (Phi) is 4.85. The van der Waals surface area contributed by atoms with E-state index in [1.54, 1.807) is 42.7 Å². The minimum atomic E-state index is -0.387. The fraction of sp³-hybridized carbons (Fsp3) is 0.294. The van der Waals surface area contributed by atoms with Crippen LogP contribution in [0.4, 0.5) is 0 Å². The fourth-order valence-electron chi connectivity index (χ4n) is 2.39. The first-order chi connectivity index (χ1) is 11.2. The van der Waals surface area contributed by atoms with Gasteiger partial charge in [0.15, 0.2) is 12.1 Å². The Labute approximate surface area is 133 Å². The first-order valence-electron chi connectivity index (χ1n) is 7.59. The summed E-state index contributed by atoms with van der Waals surface area (Å²) in [5.74, 6) is -0.454. The van der Waals surface area contributed by atoms with Crippen molar-refractivity contribution in [3.63, 3.8) is 0 Å². The van der Waals surface area contributed by atoms with Crippen LogP contribution >= 0.6 is 0 Å². The molecule has 1 atom stereocenters. The molecule has 1 amide bonds. The summed E-state index contributed by atoms with van der Waals surface area (Å²) < 4.78 is 5.37. The number of nitrogens with one attached hydrogen (secondary N) is 2. The topological polar surface area (TPSA) is 80.4 Å². The maximum Gasteiger partial charge on any atom is 0.274 e. The highest BCUT2D eigenvalue weighted by molar-refractivity contribution is 6.09. The van der Waals surface area contributed by atoms with E-state index >= 15 is 0 Å². The molecule has 6 heteroatoms. The third-order valence-electron chi connectivity index (χ3n) is 3.69. The first-order valence-corrected chi connectivity index (χ1v) is 7.59. The van der Waals surface area contributed by atoms with Gasteiger partial charge in [0.05, 0.1) is 0 Å². The normalized spacial score (nSPS) is 17.7. The van der Waals surface area contributed by atoms with E-state index in [0.717, 1.165) is 19.3 Å². The van der Waals surface area contributed by atoms with Crippen LogP contribution in [0.5, 0.6) is 0 Å². The molecule has 2 heterocycles. The minimum absolute atomic E-state index is 0.0925. The van der Waals surface area contributed by atoms with Crippen molar-refractivity contribution in [2.45, 2.75) is 25.6 Å². The van der Waals surface area contributed by atoms with E-state index < -0.39 is 0 Å². The molecular weight excluding hydrogens is 296 g/mol. The number of benzene rings is 1. The van der Waals surface area contributed by atoms with Gasteiger partial charge in [-0.3, -0.25) is 9.59 Å². The summed E-state index contributed by atoms with van der Waals surface area (Å²) in [7, 11) is 0. The van der Waals surface area contributed by atoms with Gasteiger partial charge < -0.3 is 9.72 Å². The Morgan fingerprint density at radius 3 is 2.52 bits per heavy atom. The van der Waals surface area contributed by atoms with Crippen LogP contribution in [0.3, 0.4) is 0 Å². The number of aromatic amines is 1. The van der Waals surface area contributed by atoms with E-state index in [4.69, 9.17) is 9.57 Å². The second-order valence-electron chi connectivity index (χ2n) is 5.35. The summed E-state index contributed by atoms with van der Waals surface area (Å²) in [5, 5.41) is 0. The Balaban J connectivity index is 1.58. The number of ether oxygens (including phenoxy) is 1. The molecule has 3 rings (SSSR count). The molecule has 0 radical (unpaired) electrons. The van der Waals surface area contributed by atoms with Gasteiger partial charge in [-0.25, -0.2) is 10.3 Å². The zero-order chi connectivity index (χ0) is 16.1. The molecule has 0 bridgehead atoms. The van der Waals surface area contributed by atoms with Crippen LogP contribution in [0.25, 0.3) is 0 Å². The van der Waals surface area contributed by atoms with E-state index in [1.165, 1.54) is 0 Å². The van der Waals surface area contributed by atoms with Crippen LogP contribution in [0, 0.1) is 0 Å². The number of H-pyrrole nitrogens is 1. The van der Waals surface area contributed by atoms with Crippen molar-refractivity contribution < 1.29 is 19.2 Å². The number of aromatic nitrogens is 1. The van der Waals surface area contributed by atoms with Crippen molar-refractivity contribution in [2.75, 3.05) is 6.61 Å². The van der Waals surface area contributed by atoms with Crippen molar-refractivity contribution in [1.29, 1.82) is 0 Å². The number of hydroxylamine groups is 1. The number of ketones is 1. The summed E-state index contributed by atoms with van der Waals surface area (Å²) in [4.78, 5) is 32.3. The molecule has 2 aromatic rings. The smallest absolute Gasteiger partial charge is 0.274 e. The average Bonchev–Trinajstić information content (AvgIpc) is 3.15. The molecule has 1 aliphatic heterocycles. The number of hydrogen-bond donors (Lipinski definition) is 2.